The van der Waals surface area contributed by atoms with Crippen LogP contribution in [0.1, 0.15) is 130 Å². The van der Waals surface area contributed by atoms with E-state index >= 15 is 0 Å². The molecule has 0 aliphatic heterocycles. The first kappa shape index (κ1) is 38.9. The summed E-state index contributed by atoms with van der Waals surface area (Å²) in [4.78, 5) is 0. The van der Waals surface area contributed by atoms with Crippen LogP contribution >= 0.6 is 0 Å². The predicted octanol–water partition coefficient (Wildman–Crippen LogP) is 11.5. The molecule has 0 atom stereocenters. The van der Waals surface area contributed by atoms with Crippen molar-refractivity contribution in [1.82, 2.24) is 0 Å². The van der Waals surface area contributed by atoms with Crippen molar-refractivity contribution in [3.05, 3.63) is 47.5 Å². The highest BCUT2D eigenvalue weighted by Crippen LogP contribution is 2.41. The Hall–Kier alpha value is -3.28. The third-order valence-corrected chi connectivity index (χ3v) is 7.29. The molecule has 2 rings (SSSR count). The summed E-state index contributed by atoms with van der Waals surface area (Å²) in [7, 11) is 0. The number of rotatable bonds is 27. The Balaban J connectivity index is 2.40. The van der Waals surface area contributed by atoms with E-state index in [1.165, 1.54) is 0 Å². The van der Waals surface area contributed by atoms with Gasteiger partial charge in [-0.2, -0.15) is 0 Å². The van der Waals surface area contributed by atoms with E-state index in [4.69, 9.17) is 28.4 Å². The average Bonchev–Trinajstić information content (AvgIpc) is 3.05. The Morgan fingerprint density at radius 3 is 0.848 bits per heavy atom. The maximum Gasteiger partial charge on any atom is 0.203 e. The van der Waals surface area contributed by atoms with Crippen molar-refractivity contribution in [2.24, 2.45) is 0 Å². The molecule has 0 bridgehead atoms. The second kappa shape index (κ2) is 24.9. The molecule has 258 valence electrons. The van der Waals surface area contributed by atoms with Crippen LogP contribution < -0.4 is 28.4 Å². The highest BCUT2D eigenvalue weighted by atomic mass is 16.5. The lowest BCUT2D eigenvalue weighted by atomic mass is 10.1. The first-order valence-corrected chi connectivity index (χ1v) is 18.1. The molecule has 0 spiro atoms. The van der Waals surface area contributed by atoms with Crippen molar-refractivity contribution in [2.75, 3.05) is 39.6 Å². The highest BCUT2D eigenvalue weighted by molar-refractivity contribution is 5.66. The minimum Gasteiger partial charge on any atom is -0.490 e. The number of ether oxygens (including phenoxy) is 6. The van der Waals surface area contributed by atoms with Crippen molar-refractivity contribution < 1.29 is 28.4 Å². The summed E-state index contributed by atoms with van der Waals surface area (Å²) in [5.74, 6) is 4.38. The summed E-state index contributed by atoms with van der Waals surface area (Å²) in [5, 5.41) is 0. The van der Waals surface area contributed by atoms with E-state index in [1.54, 1.807) is 0 Å². The molecule has 6 heteroatoms. The van der Waals surface area contributed by atoms with E-state index in [-0.39, 0.29) is 0 Å². The zero-order chi connectivity index (χ0) is 33.2. The average molecular weight is 639 g/mol. The van der Waals surface area contributed by atoms with E-state index in [0.717, 1.165) is 111 Å². The lowest BCUT2D eigenvalue weighted by Crippen LogP contribution is -2.06. The van der Waals surface area contributed by atoms with Crippen LogP contribution in [0.5, 0.6) is 34.5 Å². The van der Waals surface area contributed by atoms with Gasteiger partial charge in [0.25, 0.3) is 0 Å². The van der Waals surface area contributed by atoms with E-state index in [2.05, 4.69) is 78.0 Å². The molecule has 2 aromatic rings. The number of hydrogen-bond acceptors (Lipinski definition) is 6. The minimum atomic E-state index is 0.638. The second-order valence-corrected chi connectivity index (χ2v) is 11.6. The number of hydrogen-bond donors (Lipinski definition) is 0. The molecule has 0 heterocycles. The van der Waals surface area contributed by atoms with Gasteiger partial charge in [-0.1, -0.05) is 104 Å². The molecule has 0 saturated heterocycles. The highest BCUT2D eigenvalue weighted by Gasteiger charge is 2.17. The van der Waals surface area contributed by atoms with Crippen molar-refractivity contribution in [3.8, 4) is 34.5 Å². The van der Waals surface area contributed by atoms with E-state index in [0.29, 0.717) is 51.1 Å². The lowest BCUT2D eigenvalue weighted by molar-refractivity contribution is 0.237. The van der Waals surface area contributed by atoms with Crippen LogP contribution in [0, 0.1) is 0 Å². The third kappa shape index (κ3) is 14.9. The molecule has 0 aliphatic rings. The van der Waals surface area contributed by atoms with Gasteiger partial charge in [0.1, 0.15) is 0 Å². The van der Waals surface area contributed by atoms with Crippen LogP contribution in [0.4, 0.5) is 0 Å². The van der Waals surface area contributed by atoms with Gasteiger partial charge in [0.05, 0.1) is 39.6 Å². The minimum absolute atomic E-state index is 0.638. The van der Waals surface area contributed by atoms with Crippen LogP contribution in [0.3, 0.4) is 0 Å². The fourth-order valence-electron chi connectivity index (χ4n) is 4.38. The summed E-state index contributed by atoms with van der Waals surface area (Å²) < 4.78 is 37.4. The molecule has 2 aromatic carbocycles. The Morgan fingerprint density at radius 1 is 0.370 bits per heavy atom. The number of allylic oxidation sites excluding steroid dienone is 2. The molecule has 46 heavy (non-hydrogen) atoms. The third-order valence-electron chi connectivity index (χ3n) is 7.29. The summed E-state index contributed by atoms with van der Waals surface area (Å²) in [6, 6.07) is 8.21. The van der Waals surface area contributed by atoms with Gasteiger partial charge >= 0.3 is 0 Å². The van der Waals surface area contributed by atoms with Gasteiger partial charge in [0.15, 0.2) is 23.0 Å². The van der Waals surface area contributed by atoms with Crippen LogP contribution in [-0.4, -0.2) is 39.6 Å². The SMILES string of the molecule is CCCCOc1cc(/C=C/C=C/c2cc(OCCCC)c(OCCCC)c(OCCCC)c2)cc(OCCCC)c1OCCCC. The molecule has 0 unspecified atom stereocenters. The van der Waals surface area contributed by atoms with Crippen molar-refractivity contribution in [1.29, 1.82) is 0 Å². The molecular formula is C40H62O6. The molecular weight excluding hydrogens is 576 g/mol. The maximum atomic E-state index is 6.23. The molecule has 0 aliphatic carbocycles. The fraction of sp³-hybridized carbons (Fsp3) is 0.600. The molecule has 0 aromatic heterocycles. The van der Waals surface area contributed by atoms with Gasteiger partial charge in [-0.25, -0.2) is 0 Å². The fourth-order valence-corrected chi connectivity index (χ4v) is 4.38. The monoisotopic (exact) mass is 638 g/mol. The van der Waals surface area contributed by atoms with E-state index in [9.17, 15) is 0 Å². The molecule has 0 radical (unpaired) electrons. The van der Waals surface area contributed by atoms with Crippen LogP contribution in [-0.2, 0) is 0 Å². The van der Waals surface area contributed by atoms with Crippen LogP contribution in [0.2, 0.25) is 0 Å². The topological polar surface area (TPSA) is 55.4 Å². The Labute approximate surface area is 280 Å². The molecule has 0 fully saturated rings. The molecule has 0 amide bonds. The first-order chi connectivity index (χ1) is 22.6. The van der Waals surface area contributed by atoms with Crippen molar-refractivity contribution in [3.63, 3.8) is 0 Å². The summed E-state index contributed by atoms with van der Waals surface area (Å²) >= 11 is 0. The molecule has 0 saturated carbocycles. The van der Waals surface area contributed by atoms with E-state index < -0.39 is 0 Å². The number of unbranched alkanes of at least 4 members (excludes halogenated alkanes) is 6. The van der Waals surface area contributed by atoms with E-state index in [1.807, 2.05) is 12.2 Å². The summed E-state index contributed by atoms with van der Waals surface area (Å²) in [6.07, 6.45) is 20.6. The smallest absolute Gasteiger partial charge is 0.203 e. The largest absolute Gasteiger partial charge is 0.490 e. The normalized spacial score (nSPS) is 11.3. The van der Waals surface area contributed by atoms with Crippen LogP contribution in [0.25, 0.3) is 12.2 Å². The maximum absolute atomic E-state index is 6.23. The van der Waals surface area contributed by atoms with Crippen molar-refractivity contribution in [2.45, 2.75) is 119 Å². The standard InChI is InChI=1S/C40H62O6/c1-7-13-23-41-35-29-33(30-36(42-24-14-8-2)39(35)45-27-17-11-5)21-19-20-22-34-31-37(43-25-15-9-3)40(46-28-18-12-6)38(32-34)44-26-16-10-4/h19-22,29-32H,7-18,23-28H2,1-6H3/b21-19+,22-20+. The number of benzene rings is 2. The Morgan fingerprint density at radius 2 is 0.609 bits per heavy atom. The van der Waals surface area contributed by atoms with Gasteiger partial charge in [0.2, 0.25) is 11.5 Å². The second-order valence-electron chi connectivity index (χ2n) is 11.6. The van der Waals surface area contributed by atoms with Crippen molar-refractivity contribution >= 4 is 12.2 Å². The predicted molar refractivity (Wildman–Crippen MR) is 193 cm³/mol. The zero-order valence-corrected chi connectivity index (χ0v) is 29.8. The van der Waals surface area contributed by atoms with Gasteiger partial charge in [-0.05, 0) is 73.9 Å². The Kier molecular flexibility index (Phi) is 21.0. The summed E-state index contributed by atoms with van der Waals surface area (Å²) in [6.45, 7) is 16.9. The summed E-state index contributed by atoms with van der Waals surface area (Å²) in [5.41, 5.74) is 2.00. The van der Waals surface area contributed by atoms with Crippen LogP contribution in [0.15, 0.2) is 36.4 Å². The lowest BCUT2D eigenvalue weighted by Gasteiger charge is -2.18. The van der Waals surface area contributed by atoms with Gasteiger partial charge < -0.3 is 28.4 Å². The van der Waals surface area contributed by atoms with Gasteiger partial charge in [-0.15, -0.1) is 0 Å². The first-order valence-electron chi connectivity index (χ1n) is 18.1. The zero-order valence-electron chi connectivity index (χ0n) is 29.8. The molecule has 0 N–H and O–H groups in total. The van der Waals surface area contributed by atoms with Gasteiger partial charge in [-0.3, -0.25) is 0 Å². The quantitative estimate of drug-likeness (QED) is 0.0717. The Bertz CT molecular complexity index is 987. The molecule has 6 nitrogen and oxygen atoms in total. The van der Waals surface area contributed by atoms with Gasteiger partial charge in [0, 0.05) is 0 Å².